The third kappa shape index (κ3) is 2.42. The highest BCUT2D eigenvalue weighted by atomic mass is 79.9. The van der Waals surface area contributed by atoms with E-state index in [1.807, 2.05) is 0 Å². The average Bonchev–Trinajstić information content (AvgIpc) is 2.27. The van der Waals surface area contributed by atoms with E-state index in [9.17, 15) is 9.90 Å². The molecular formula is C10H8BrNO3. The molecule has 1 rings (SSSR count). The minimum Gasteiger partial charge on any atom is -0.385 e. The third-order valence-electron chi connectivity index (χ3n) is 1.94. The Labute approximate surface area is 94.9 Å². The van der Waals surface area contributed by atoms with E-state index in [0.29, 0.717) is 21.9 Å². The molecule has 0 aromatic heterocycles. The van der Waals surface area contributed by atoms with Gasteiger partial charge in [0.15, 0.2) is 12.4 Å². The Morgan fingerprint density at radius 2 is 2.13 bits per heavy atom. The summed E-state index contributed by atoms with van der Waals surface area (Å²) in [5, 5.41) is 27.2. The molecule has 0 spiro atoms. The Morgan fingerprint density at radius 1 is 1.47 bits per heavy atom. The van der Waals surface area contributed by atoms with Crippen LogP contribution in [0.4, 0.5) is 0 Å². The van der Waals surface area contributed by atoms with Gasteiger partial charge in [0.25, 0.3) is 0 Å². The number of hydrogen-bond donors (Lipinski definition) is 2. The summed E-state index contributed by atoms with van der Waals surface area (Å²) in [7, 11) is 0. The summed E-state index contributed by atoms with van der Waals surface area (Å²) in [6, 6.07) is 6.18. The van der Waals surface area contributed by atoms with Crippen LogP contribution in [0, 0.1) is 11.3 Å². The standard InChI is InChI=1S/C10H8BrNO3/c11-9-6(5-13)2-1-3-7(9)10(15)8(14)4-12/h1-3,5,8,10,14-15H. The first-order chi connectivity index (χ1) is 7.11. The first kappa shape index (κ1) is 11.9. The molecular weight excluding hydrogens is 262 g/mol. The summed E-state index contributed by atoms with van der Waals surface area (Å²) in [5.74, 6) is 0. The van der Waals surface area contributed by atoms with Gasteiger partial charge in [-0.3, -0.25) is 4.79 Å². The molecule has 2 N–H and O–H groups in total. The summed E-state index contributed by atoms with van der Waals surface area (Å²) in [4.78, 5) is 10.6. The van der Waals surface area contributed by atoms with Crippen molar-refractivity contribution in [1.82, 2.24) is 0 Å². The first-order valence-corrected chi connectivity index (χ1v) is 4.90. The van der Waals surface area contributed by atoms with Crippen LogP contribution in [0.3, 0.4) is 0 Å². The number of nitrogens with zero attached hydrogens (tertiary/aromatic N) is 1. The highest BCUT2D eigenvalue weighted by molar-refractivity contribution is 9.10. The highest BCUT2D eigenvalue weighted by Crippen LogP contribution is 2.27. The second kappa shape index (κ2) is 5.03. The van der Waals surface area contributed by atoms with Crippen molar-refractivity contribution in [2.75, 3.05) is 0 Å². The lowest BCUT2D eigenvalue weighted by atomic mass is 10.0. The second-order valence-corrected chi connectivity index (χ2v) is 3.68. The Hall–Kier alpha value is -1.22. The van der Waals surface area contributed by atoms with Crippen molar-refractivity contribution < 1.29 is 15.0 Å². The number of aliphatic hydroxyl groups excluding tert-OH is 2. The van der Waals surface area contributed by atoms with E-state index in [-0.39, 0.29) is 0 Å². The molecule has 0 aliphatic rings. The van der Waals surface area contributed by atoms with Crippen LogP contribution in [0.1, 0.15) is 22.0 Å². The van der Waals surface area contributed by atoms with Gasteiger partial charge in [-0.25, -0.2) is 0 Å². The molecule has 0 aliphatic heterocycles. The molecule has 0 radical (unpaired) electrons. The quantitative estimate of drug-likeness (QED) is 0.638. The van der Waals surface area contributed by atoms with E-state index in [0.717, 1.165) is 0 Å². The Kier molecular flexibility index (Phi) is 3.97. The van der Waals surface area contributed by atoms with E-state index in [1.165, 1.54) is 12.1 Å². The number of aldehydes is 1. The molecule has 0 heterocycles. The monoisotopic (exact) mass is 269 g/mol. The van der Waals surface area contributed by atoms with Crippen LogP contribution in [0.15, 0.2) is 22.7 Å². The van der Waals surface area contributed by atoms with Crippen molar-refractivity contribution >= 4 is 22.2 Å². The number of rotatable bonds is 3. The fraction of sp³-hybridized carbons (Fsp3) is 0.200. The van der Waals surface area contributed by atoms with Gasteiger partial charge in [0.2, 0.25) is 0 Å². The number of benzene rings is 1. The summed E-state index contributed by atoms with van der Waals surface area (Å²) >= 11 is 3.13. The summed E-state index contributed by atoms with van der Waals surface area (Å²) < 4.78 is 0.391. The molecule has 4 nitrogen and oxygen atoms in total. The number of carbonyl (C=O) groups is 1. The Bertz CT molecular complexity index is 414. The zero-order valence-electron chi connectivity index (χ0n) is 7.59. The van der Waals surface area contributed by atoms with Crippen molar-refractivity contribution in [2.45, 2.75) is 12.2 Å². The van der Waals surface area contributed by atoms with Gasteiger partial charge in [-0.15, -0.1) is 0 Å². The normalized spacial score (nSPS) is 14.0. The minimum absolute atomic E-state index is 0.314. The third-order valence-corrected chi connectivity index (χ3v) is 2.85. The minimum atomic E-state index is -1.51. The van der Waals surface area contributed by atoms with Crippen LogP contribution in [0.25, 0.3) is 0 Å². The lowest BCUT2D eigenvalue weighted by Crippen LogP contribution is -2.16. The Morgan fingerprint density at radius 3 is 2.67 bits per heavy atom. The lowest BCUT2D eigenvalue weighted by molar-refractivity contribution is 0.0522. The molecule has 78 valence electrons. The summed E-state index contributed by atoms with van der Waals surface area (Å²) in [5.41, 5.74) is 0.672. The van der Waals surface area contributed by atoms with Crippen molar-refractivity contribution in [3.05, 3.63) is 33.8 Å². The van der Waals surface area contributed by atoms with Crippen LogP contribution in [0.5, 0.6) is 0 Å². The molecule has 2 atom stereocenters. The molecule has 0 saturated carbocycles. The predicted molar refractivity (Wildman–Crippen MR) is 56.1 cm³/mol. The van der Waals surface area contributed by atoms with Crippen LogP contribution in [0.2, 0.25) is 0 Å². The average molecular weight is 270 g/mol. The van der Waals surface area contributed by atoms with Crippen LogP contribution >= 0.6 is 15.9 Å². The van der Waals surface area contributed by atoms with Gasteiger partial charge in [0, 0.05) is 10.0 Å². The zero-order chi connectivity index (χ0) is 11.4. The fourth-order valence-corrected chi connectivity index (χ4v) is 1.72. The topological polar surface area (TPSA) is 81.3 Å². The number of aliphatic hydroxyl groups is 2. The van der Waals surface area contributed by atoms with Gasteiger partial charge < -0.3 is 10.2 Å². The highest BCUT2D eigenvalue weighted by Gasteiger charge is 2.20. The second-order valence-electron chi connectivity index (χ2n) is 2.89. The lowest BCUT2D eigenvalue weighted by Gasteiger charge is -2.14. The molecule has 0 fully saturated rings. The zero-order valence-corrected chi connectivity index (χ0v) is 9.18. The molecule has 1 aromatic rings. The number of nitriles is 1. The first-order valence-electron chi connectivity index (χ1n) is 4.11. The SMILES string of the molecule is N#CC(O)C(O)c1cccc(C=O)c1Br. The Balaban J connectivity index is 3.16. The predicted octanol–water partition coefficient (Wildman–Crippen LogP) is 1.18. The molecule has 0 aliphatic carbocycles. The van der Waals surface area contributed by atoms with Crippen molar-refractivity contribution in [3.63, 3.8) is 0 Å². The molecule has 0 saturated heterocycles. The molecule has 0 amide bonds. The van der Waals surface area contributed by atoms with Crippen molar-refractivity contribution in [2.24, 2.45) is 0 Å². The van der Waals surface area contributed by atoms with Gasteiger partial charge in [0.1, 0.15) is 6.10 Å². The van der Waals surface area contributed by atoms with Gasteiger partial charge >= 0.3 is 0 Å². The maximum absolute atomic E-state index is 10.6. The molecule has 2 unspecified atom stereocenters. The number of hydrogen-bond acceptors (Lipinski definition) is 4. The van der Waals surface area contributed by atoms with Gasteiger partial charge in [0.05, 0.1) is 6.07 Å². The van der Waals surface area contributed by atoms with E-state index in [2.05, 4.69) is 15.9 Å². The van der Waals surface area contributed by atoms with Crippen LogP contribution < -0.4 is 0 Å². The van der Waals surface area contributed by atoms with Crippen molar-refractivity contribution in [1.29, 1.82) is 5.26 Å². The molecule has 15 heavy (non-hydrogen) atoms. The fourth-order valence-electron chi connectivity index (χ4n) is 1.13. The maximum Gasteiger partial charge on any atom is 0.170 e. The van der Waals surface area contributed by atoms with E-state index in [1.54, 1.807) is 12.1 Å². The van der Waals surface area contributed by atoms with Gasteiger partial charge in [-0.05, 0) is 21.5 Å². The summed E-state index contributed by atoms with van der Waals surface area (Å²) in [6.45, 7) is 0. The van der Waals surface area contributed by atoms with Crippen LogP contribution in [-0.2, 0) is 0 Å². The molecule has 0 bridgehead atoms. The van der Waals surface area contributed by atoms with E-state index < -0.39 is 12.2 Å². The number of halogens is 1. The van der Waals surface area contributed by atoms with Gasteiger partial charge in [-0.1, -0.05) is 18.2 Å². The number of carbonyl (C=O) groups excluding carboxylic acids is 1. The van der Waals surface area contributed by atoms with Gasteiger partial charge in [-0.2, -0.15) is 5.26 Å². The van der Waals surface area contributed by atoms with Crippen LogP contribution in [-0.4, -0.2) is 22.6 Å². The largest absolute Gasteiger partial charge is 0.385 e. The maximum atomic E-state index is 10.6. The molecule has 5 heteroatoms. The molecule has 1 aromatic carbocycles. The summed E-state index contributed by atoms with van der Waals surface area (Å²) in [6.07, 6.45) is -2.22. The van der Waals surface area contributed by atoms with E-state index in [4.69, 9.17) is 10.4 Å². The van der Waals surface area contributed by atoms with Crippen molar-refractivity contribution in [3.8, 4) is 6.07 Å². The smallest absolute Gasteiger partial charge is 0.170 e. The van der Waals surface area contributed by atoms with E-state index >= 15 is 0 Å².